The van der Waals surface area contributed by atoms with Crippen molar-refractivity contribution in [2.24, 2.45) is 0 Å². The van der Waals surface area contributed by atoms with Crippen molar-refractivity contribution in [2.75, 3.05) is 0 Å². The minimum Gasteiger partial charge on any atom is -0.481 e. The number of carboxylic acids is 1. The van der Waals surface area contributed by atoms with Crippen LogP contribution >= 0.6 is 0 Å². The van der Waals surface area contributed by atoms with Gasteiger partial charge in [0.1, 0.15) is 6.10 Å². The van der Waals surface area contributed by atoms with Crippen LogP contribution in [0.25, 0.3) is 0 Å². The maximum absolute atomic E-state index is 11.3. The Morgan fingerprint density at radius 3 is 2.18 bits per heavy atom. The molecule has 28 heavy (non-hydrogen) atoms. The fourth-order valence-corrected chi connectivity index (χ4v) is 2.87. The molecule has 0 aromatic carbocycles. The summed E-state index contributed by atoms with van der Waals surface area (Å²) in [5.74, 6) is -0.975. The van der Waals surface area contributed by atoms with Crippen LogP contribution in [0.2, 0.25) is 0 Å². The van der Waals surface area contributed by atoms with E-state index in [1.165, 1.54) is 32.6 Å². The largest absolute Gasteiger partial charge is 0.481 e. The molecule has 160 valence electrons. The molecule has 4 heteroatoms. The lowest BCUT2D eigenvalue weighted by Gasteiger charge is -2.12. The summed E-state index contributed by atoms with van der Waals surface area (Å²) in [5, 5.41) is 8.61. The second-order valence-electron chi connectivity index (χ2n) is 7.19. The Morgan fingerprint density at radius 1 is 0.857 bits per heavy atom. The number of rotatable bonds is 18. The van der Waals surface area contributed by atoms with Crippen LogP contribution in [0.4, 0.5) is 0 Å². The van der Waals surface area contributed by atoms with Gasteiger partial charge in [-0.1, -0.05) is 69.4 Å². The fourth-order valence-electron chi connectivity index (χ4n) is 2.87. The van der Waals surface area contributed by atoms with E-state index < -0.39 is 5.97 Å². The third-order valence-electron chi connectivity index (χ3n) is 4.40. The quantitative estimate of drug-likeness (QED) is 0.159. The van der Waals surface area contributed by atoms with Crippen LogP contribution in [0.5, 0.6) is 0 Å². The molecule has 0 aliphatic carbocycles. The number of carbonyl (C=O) groups is 2. The molecule has 0 rings (SSSR count). The van der Waals surface area contributed by atoms with Crippen LogP contribution in [0.3, 0.4) is 0 Å². The van der Waals surface area contributed by atoms with Gasteiger partial charge in [0.05, 0.1) is 0 Å². The molecule has 0 saturated heterocycles. The van der Waals surface area contributed by atoms with Crippen molar-refractivity contribution in [3.05, 3.63) is 36.5 Å². The number of hydrogen-bond donors (Lipinski definition) is 1. The van der Waals surface area contributed by atoms with Gasteiger partial charge in [-0.2, -0.15) is 0 Å². The van der Waals surface area contributed by atoms with E-state index in [1.54, 1.807) is 0 Å². The van der Waals surface area contributed by atoms with Crippen molar-refractivity contribution < 1.29 is 19.4 Å². The lowest BCUT2D eigenvalue weighted by molar-refractivity contribution is -0.144. The molecule has 0 aromatic heterocycles. The fraction of sp³-hybridized carbons (Fsp3) is 0.667. The summed E-state index contributed by atoms with van der Waals surface area (Å²) < 4.78 is 5.36. The van der Waals surface area contributed by atoms with Crippen LogP contribution in [-0.2, 0) is 14.3 Å². The first-order valence-electron chi connectivity index (χ1n) is 10.9. The Kier molecular flexibility index (Phi) is 18.6. The zero-order chi connectivity index (χ0) is 20.9. The highest BCUT2D eigenvalue weighted by molar-refractivity contribution is 5.66. The molecule has 0 aromatic rings. The molecule has 4 nitrogen and oxygen atoms in total. The third kappa shape index (κ3) is 20.5. The normalized spacial score (nSPS) is 12.9. The number of esters is 1. The van der Waals surface area contributed by atoms with Gasteiger partial charge in [-0.3, -0.25) is 9.59 Å². The van der Waals surface area contributed by atoms with Gasteiger partial charge >= 0.3 is 11.9 Å². The predicted molar refractivity (Wildman–Crippen MR) is 116 cm³/mol. The molecule has 0 bridgehead atoms. The molecular weight excluding hydrogens is 352 g/mol. The Balaban J connectivity index is 3.92. The summed E-state index contributed by atoms with van der Waals surface area (Å²) in [5.41, 5.74) is 0. The minimum absolute atomic E-state index is 0.164. The molecule has 0 aliphatic heterocycles. The van der Waals surface area contributed by atoms with Crippen molar-refractivity contribution >= 4 is 11.9 Å². The molecule has 0 fully saturated rings. The Morgan fingerprint density at radius 2 is 1.50 bits per heavy atom. The third-order valence-corrected chi connectivity index (χ3v) is 4.40. The van der Waals surface area contributed by atoms with Crippen LogP contribution in [0.1, 0.15) is 97.3 Å². The average Bonchev–Trinajstić information content (AvgIpc) is 2.64. The molecule has 0 spiro atoms. The number of aliphatic carboxylic acids is 1. The van der Waals surface area contributed by atoms with Crippen molar-refractivity contribution in [3.63, 3.8) is 0 Å². The maximum atomic E-state index is 11.3. The topological polar surface area (TPSA) is 63.6 Å². The van der Waals surface area contributed by atoms with Gasteiger partial charge < -0.3 is 9.84 Å². The van der Waals surface area contributed by atoms with Crippen molar-refractivity contribution in [1.82, 2.24) is 0 Å². The zero-order valence-electron chi connectivity index (χ0n) is 17.9. The summed E-state index contributed by atoms with van der Waals surface area (Å²) in [4.78, 5) is 21.7. The number of hydrogen-bond acceptors (Lipinski definition) is 3. The van der Waals surface area contributed by atoms with E-state index in [1.807, 2.05) is 6.08 Å². The van der Waals surface area contributed by atoms with Gasteiger partial charge in [-0.05, 0) is 51.0 Å². The van der Waals surface area contributed by atoms with Gasteiger partial charge in [-0.15, -0.1) is 0 Å². The SMILES string of the molecule is CCCCC/C=C\C/C=C\C/C=C\C(CCCCCCCC(=O)O)OC(C)=O. The van der Waals surface area contributed by atoms with Crippen molar-refractivity contribution in [1.29, 1.82) is 0 Å². The van der Waals surface area contributed by atoms with Crippen LogP contribution in [0.15, 0.2) is 36.5 Å². The van der Waals surface area contributed by atoms with E-state index in [-0.39, 0.29) is 18.5 Å². The molecule has 0 saturated carbocycles. The number of ether oxygens (including phenoxy) is 1. The number of unbranched alkanes of at least 4 members (excludes halogenated alkanes) is 7. The smallest absolute Gasteiger partial charge is 0.303 e. The van der Waals surface area contributed by atoms with Crippen molar-refractivity contribution in [2.45, 2.75) is 103 Å². The number of carboxylic acid groups (broad SMARTS) is 1. The van der Waals surface area contributed by atoms with Crippen LogP contribution in [-0.4, -0.2) is 23.1 Å². The summed E-state index contributed by atoms with van der Waals surface area (Å²) in [7, 11) is 0. The highest BCUT2D eigenvalue weighted by Crippen LogP contribution is 2.12. The molecule has 1 unspecified atom stereocenters. The van der Waals surface area contributed by atoms with Gasteiger partial charge in [0.25, 0.3) is 0 Å². The standard InChI is InChI=1S/C24H40O4/c1-3-4-5-6-7-8-9-10-11-13-16-19-23(28-22(2)25)20-17-14-12-15-18-21-24(26)27/h7-8,10-11,16,19,23H,3-6,9,12-15,17-18,20-21H2,1-2H3,(H,26,27)/b8-7-,11-10-,19-16-. The first-order valence-corrected chi connectivity index (χ1v) is 10.9. The highest BCUT2D eigenvalue weighted by Gasteiger charge is 2.07. The molecule has 1 N–H and O–H groups in total. The van der Waals surface area contributed by atoms with Crippen LogP contribution < -0.4 is 0 Å². The van der Waals surface area contributed by atoms with Gasteiger partial charge in [0.15, 0.2) is 0 Å². The van der Waals surface area contributed by atoms with E-state index in [2.05, 4.69) is 37.3 Å². The number of carbonyl (C=O) groups excluding carboxylic acids is 1. The van der Waals surface area contributed by atoms with E-state index >= 15 is 0 Å². The van der Waals surface area contributed by atoms with E-state index in [0.29, 0.717) is 0 Å². The average molecular weight is 393 g/mol. The second-order valence-corrected chi connectivity index (χ2v) is 7.19. The molecule has 0 aliphatic rings. The van der Waals surface area contributed by atoms with E-state index in [9.17, 15) is 9.59 Å². The minimum atomic E-state index is -0.725. The first-order chi connectivity index (χ1) is 13.6. The van der Waals surface area contributed by atoms with Gasteiger partial charge in [-0.25, -0.2) is 0 Å². The molecule has 0 radical (unpaired) electrons. The molecular formula is C24H40O4. The summed E-state index contributed by atoms with van der Waals surface area (Å²) in [6, 6.07) is 0. The lowest BCUT2D eigenvalue weighted by atomic mass is 10.1. The monoisotopic (exact) mass is 392 g/mol. The zero-order valence-corrected chi connectivity index (χ0v) is 17.9. The van der Waals surface area contributed by atoms with Crippen molar-refractivity contribution in [3.8, 4) is 0 Å². The summed E-state index contributed by atoms with van der Waals surface area (Å²) >= 11 is 0. The first kappa shape index (κ1) is 26.2. The van der Waals surface area contributed by atoms with Gasteiger partial charge in [0, 0.05) is 13.3 Å². The van der Waals surface area contributed by atoms with E-state index in [4.69, 9.17) is 9.84 Å². The lowest BCUT2D eigenvalue weighted by Crippen LogP contribution is -2.13. The van der Waals surface area contributed by atoms with Crippen LogP contribution in [0, 0.1) is 0 Å². The Labute approximate surface area is 171 Å². The number of allylic oxidation sites excluding steroid dienone is 5. The summed E-state index contributed by atoms with van der Waals surface area (Å²) in [6.45, 7) is 3.66. The second kappa shape index (κ2) is 19.9. The Hall–Kier alpha value is -1.84. The maximum Gasteiger partial charge on any atom is 0.303 e. The molecule has 1 atom stereocenters. The predicted octanol–water partition coefficient (Wildman–Crippen LogP) is 6.76. The Bertz CT molecular complexity index is 477. The van der Waals surface area contributed by atoms with Gasteiger partial charge in [0.2, 0.25) is 0 Å². The summed E-state index contributed by atoms with van der Waals surface area (Å²) in [6.07, 6.45) is 25.3. The van der Waals surface area contributed by atoms with E-state index in [0.717, 1.165) is 51.4 Å². The molecule has 0 heterocycles. The highest BCUT2D eigenvalue weighted by atomic mass is 16.5. The molecule has 0 amide bonds.